The number of hydrogen-bond donors (Lipinski definition) is 1. The Morgan fingerprint density at radius 1 is 1.23 bits per heavy atom. The highest BCUT2D eigenvalue weighted by atomic mass is 16.4. The molecule has 1 amide bonds. The molecule has 0 bridgehead atoms. The Bertz CT molecular complexity index is 881. The first-order valence-electron chi connectivity index (χ1n) is 6.77. The molecule has 0 atom stereocenters. The molecule has 0 spiro atoms. The molecular weight excluding hydrogens is 282 g/mol. The standard InChI is InChI=1S/C16H15N3O3/c1-18(12-5-3-2-4-6-12)15(20)10-19-13-9-11(17)7-8-14(13)22-16(19)21/h2-9H,10,17H2,1H3. The van der Waals surface area contributed by atoms with E-state index in [-0.39, 0.29) is 12.5 Å². The number of amides is 1. The number of nitrogens with two attached hydrogens (primary N) is 1. The summed E-state index contributed by atoms with van der Waals surface area (Å²) in [5.41, 5.74) is 7.92. The summed E-state index contributed by atoms with van der Waals surface area (Å²) in [5, 5.41) is 0. The lowest BCUT2D eigenvalue weighted by atomic mass is 10.3. The maximum absolute atomic E-state index is 12.4. The first-order valence-corrected chi connectivity index (χ1v) is 6.77. The number of oxazole rings is 1. The van der Waals surface area contributed by atoms with Crippen LogP contribution in [0.1, 0.15) is 0 Å². The molecule has 1 aromatic heterocycles. The molecule has 3 aromatic rings. The summed E-state index contributed by atoms with van der Waals surface area (Å²) < 4.78 is 6.41. The Hall–Kier alpha value is -3.02. The number of anilines is 2. The molecule has 0 aliphatic carbocycles. The van der Waals surface area contributed by atoms with E-state index in [1.807, 2.05) is 30.3 Å². The Balaban J connectivity index is 1.93. The van der Waals surface area contributed by atoms with E-state index < -0.39 is 5.76 Å². The third-order valence-electron chi connectivity index (χ3n) is 3.50. The SMILES string of the molecule is CN(C(=O)Cn1c(=O)oc2ccc(N)cc21)c1ccccc1. The van der Waals surface area contributed by atoms with Crippen molar-refractivity contribution in [1.82, 2.24) is 4.57 Å². The van der Waals surface area contributed by atoms with Crippen molar-refractivity contribution >= 4 is 28.4 Å². The number of benzene rings is 2. The lowest BCUT2D eigenvalue weighted by Crippen LogP contribution is -2.32. The van der Waals surface area contributed by atoms with Gasteiger partial charge in [0.15, 0.2) is 5.58 Å². The summed E-state index contributed by atoms with van der Waals surface area (Å²) in [6.07, 6.45) is 0. The monoisotopic (exact) mass is 297 g/mol. The second-order valence-electron chi connectivity index (χ2n) is 4.97. The van der Waals surface area contributed by atoms with Gasteiger partial charge in [0.05, 0.1) is 5.52 Å². The van der Waals surface area contributed by atoms with Crippen molar-refractivity contribution in [2.75, 3.05) is 17.7 Å². The number of fused-ring (bicyclic) bond motifs is 1. The van der Waals surface area contributed by atoms with Crippen LogP contribution in [0.2, 0.25) is 0 Å². The normalized spacial score (nSPS) is 10.8. The van der Waals surface area contributed by atoms with Gasteiger partial charge in [0.2, 0.25) is 5.91 Å². The fourth-order valence-electron chi connectivity index (χ4n) is 2.27. The molecule has 0 aliphatic rings. The minimum absolute atomic E-state index is 0.110. The van der Waals surface area contributed by atoms with E-state index in [0.29, 0.717) is 16.8 Å². The highest BCUT2D eigenvalue weighted by Gasteiger charge is 2.16. The van der Waals surface area contributed by atoms with Crippen molar-refractivity contribution in [2.45, 2.75) is 6.54 Å². The zero-order chi connectivity index (χ0) is 15.7. The molecule has 22 heavy (non-hydrogen) atoms. The zero-order valence-electron chi connectivity index (χ0n) is 12.0. The van der Waals surface area contributed by atoms with Crippen molar-refractivity contribution in [2.24, 2.45) is 0 Å². The number of carbonyl (C=O) groups is 1. The van der Waals surface area contributed by atoms with E-state index in [1.54, 1.807) is 25.2 Å². The van der Waals surface area contributed by atoms with Crippen molar-refractivity contribution in [3.63, 3.8) is 0 Å². The Morgan fingerprint density at radius 3 is 2.68 bits per heavy atom. The zero-order valence-corrected chi connectivity index (χ0v) is 12.0. The number of rotatable bonds is 3. The van der Waals surface area contributed by atoms with Gasteiger partial charge in [0, 0.05) is 18.4 Å². The van der Waals surface area contributed by atoms with Gasteiger partial charge < -0.3 is 15.1 Å². The summed E-state index contributed by atoms with van der Waals surface area (Å²) in [4.78, 5) is 25.8. The summed E-state index contributed by atoms with van der Waals surface area (Å²) >= 11 is 0. The average Bonchev–Trinajstić information content (AvgIpc) is 2.83. The highest BCUT2D eigenvalue weighted by molar-refractivity contribution is 5.93. The molecule has 2 aromatic carbocycles. The molecule has 0 saturated carbocycles. The largest absolute Gasteiger partial charge is 0.420 e. The maximum atomic E-state index is 12.4. The van der Waals surface area contributed by atoms with Crippen LogP contribution in [0.3, 0.4) is 0 Å². The average molecular weight is 297 g/mol. The second-order valence-corrected chi connectivity index (χ2v) is 4.97. The number of nitrogens with zero attached hydrogens (tertiary/aromatic N) is 2. The molecule has 112 valence electrons. The van der Waals surface area contributed by atoms with Gasteiger partial charge in [0.1, 0.15) is 6.54 Å². The maximum Gasteiger partial charge on any atom is 0.420 e. The van der Waals surface area contributed by atoms with Gasteiger partial charge >= 0.3 is 5.76 Å². The molecule has 0 radical (unpaired) electrons. The van der Waals surface area contributed by atoms with Crippen LogP contribution < -0.4 is 16.4 Å². The number of para-hydroxylation sites is 1. The molecule has 6 heteroatoms. The topological polar surface area (TPSA) is 81.5 Å². The van der Waals surface area contributed by atoms with E-state index in [1.165, 1.54) is 9.47 Å². The summed E-state index contributed by atoms with van der Waals surface area (Å²) in [5.74, 6) is -0.797. The summed E-state index contributed by atoms with van der Waals surface area (Å²) in [7, 11) is 1.67. The molecule has 0 aliphatic heterocycles. The van der Waals surface area contributed by atoms with Crippen molar-refractivity contribution in [1.29, 1.82) is 0 Å². The smallest absolute Gasteiger partial charge is 0.408 e. The van der Waals surface area contributed by atoms with Crippen LogP contribution in [0, 0.1) is 0 Å². The van der Waals surface area contributed by atoms with Gasteiger partial charge in [-0.25, -0.2) is 4.79 Å². The quantitative estimate of drug-likeness (QED) is 0.748. The predicted octanol–water partition coefficient (Wildman–Crippen LogP) is 1.84. The van der Waals surface area contributed by atoms with Crippen LogP contribution >= 0.6 is 0 Å². The van der Waals surface area contributed by atoms with E-state index in [9.17, 15) is 9.59 Å². The van der Waals surface area contributed by atoms with Crippen LogP contribution in [-0.2, 0) is 11.3 Å². The number of likely N-dealkylation sites (N-methyl/N-ethyl adjacent to an activating group) is 1. The van der Waals surface area contributed by atoms with Gasteiger partial charge in [-0.05, 0) is 30.3 Å². The molecule has 0 unspecified atom stereocenters. The van der Waals surface area contributed by atoms with Crippen LogP contribution in [0.5, 0.6) is 0 Å². The molecular formula is C16H15N3O3. The van der Waals surface area contributed by atoms with Gasteiger partial charge in [-0.15, -0.1) is 0 Å². The minimum atomic E-state index is -0.574. The molecule has 0 fully saturated rings. The van der Waals surface area contributed by atoms with E-state index in [4.69, 9.17) is 10.2 Å². The van der Waals surface area contributed by atoms with Gasteiger partial charge in [-0.2, -0.15) is 0 Å². The second kappa shape index (κ2) is 5.40. The third-order valence-corrected chi connectivity index (χ3v) is 3.50. The van der Waals surface area contributed by atoms with Crippen molar-refractivity contribution in [3.8, 4) is 0 Å². The van der Waals surface area contributed by atoms with Crippen molar-refractivity contribution in [3.05, 3.63) is 59.1 Å². The molecule has 6 nitrogen and oxygen atoms in total. The fraction of sp³-hybridized carbons (Fsp3) is 0.125. The molecule has 1 heterocycles. The van der Waals surface area contributed by atoms with E-state index in [0.717, 1.165) is 5.69 Å². The third kappa shape index (κ3) is 2.46. The number of carbonyl (C=O) groups excluding carboxylic acids is 1. The van der Waals surface area contributed by atoms with Crippen LogP contribution in [0.25, 0.3) is 11.1 Å². The Kier molecular flexibility index (Phi) is 3.42. The van der Waals surface area contributed by atoms with Gasteiger partial charge in [-0.3, -0.25) is 9.36 Å². The van der Waals surface area contributed by atoms with Crippen LogP contribution in [-0.4, -0.2) is 17.5 Å². The highest BCUT2D eigenvalue weighted by Crippen LogP contribution is 2.17. The summed E-state index contributed by atoms with van der Waals surface area (Å²) in [6.45, 7) is -0.110. The van der Waals surface area contributed by atoms with E-state index >= 15 is 0 Å². The Labute approximate surface area is 126 Å². The lowest BCUT2D eigenvalue weighted by molar-refractivity contribution is -0.118. The summed E-state index contributed by atoms with van der Waals surface area (Å²) in [6, 6.07) is 14.1. The van der Waals surface area contributed by atoms with E-state index in [2.05, 4.69) is 0 Å². The number of hydrogen-bond acceptors (Lipinski definition) is 4. The van der Waals surface area contributed by atoms with Crippen LogP contribution in [0.15, 0.2) is 57.7 Å². The molecule has 0 saturated heterocycles. The first kappa shape index (κ1) is 13.9. The number of nitrogen functional groups attached to an aromatic ring is 1. The Morgan fingerprint density at radius 2 is 1.95 bits per heavy atom. The first-order chi connectivity index (χ1) is 10.6. The minimum Gasteiger partial charge on any atom is -0.408 e. The lowest BCUT2D eigenvalue weighted by Gasteiger charge is -2.17. The molecule has 3 rings (SSSR count). The molecule has 2 N–H and O–H groups in total. The van der Waals surface area contributed by atoms with Gasteiger partial charge in [0.25, 0.3) is 0 Å². The van der Waals surface area contributed by atoms with Crippen LogP contribution in [0.4, 0.5) is 11.4 Å². The van der Waals surface area contributed by atoms with Gasteiger partial charge in [-0.1, -0.05) is 18.2 Å². The van der Waals surface area contributed by atoms with Crippen molar-refractivity contribution < 1.29 is 9.21 Å². The predicted molar refractivity (Wildman–Crippen MR) is 84.7 cm³/mol. The fourth-order valence-corrected chi connectivity index (χ4v) is 2.27. The number of aromatic nitrogens is 1.